The van der Waals surface area contributed by atoms with Gasteiger partial charge in [-0.15, -0.1) is 0 Å². The van der Waals surface area contributed by atoms with Crippen molar-refractivity contribution in [3.63, 3.8) is 0 Å². The molecule has 1 aliphatic rings. The zero-order valence-electron chi connectivity index (χ0n) is 15.1. The van der Waals surface area contributed by atoms with Crippen molar-refractivity contribution in [1.82, 2.24) is 0 Å². The van der Waals surface area contributed by atoms with E-state index >= 15 is 0 Å². The number of benzene rings is 1. The minimum Gasteiger partial charge on any atom is -0.469 e. The first-order valence-electron chi connectivity index (χ1n) is 8.73. The lowest BCUT2D eigenvalue weighted by Gasteiger charge is -2.28. The molecule has 0 spiro atoms. The van der Waals surface area contributed by atoms with Gasteiger partial charge in [-0.1, -0.05) is 31.2 Å². The van der Waals surface area contributed by atoms with Crippen molar-refractivity contribution < 1.29 is 24.9 Å². The van der Waals surface area contributed by atoms with Gasteiger partial charge in [-0.2, -0.15) is 0 Å². The molecule has 4 atom stereocenters. The van der Waals surface area contributed by atoms with Gasteiger partial charge in [0.1, 0.15) is 0 Å². The first-order chi connectivity index (χ1) is 11.8. The molecule has 0 heterocycles. The van der Waals surface area contributed by atoms with E-state index < -0.39 is 24.3 Å². The number of carbonyl (C=O) groups excluding carboxylic acids is 1. The molecule has 2 rings (SSSR count). The summed E-state index contributed by atoms with van der Waals surface area (Å²) in [6, 6.07) is 4.10. The Bertz CT molecular complexity index is 637. The Balaban J connectivity index is 2.13. The van der Waals surface area contributed by atoms with Crippen LogP contribution in [0.4, 0.5) is 0 Å². The van der Waals surface area contributed by atoms with Gasteiger partial charge in [-0.05, 0) is 47.9 Å². The SMILES string of the molecule is COC(=O)C[C@H](O)C[C@H](O)/C=C/c1c(C)ccc2c1[C@@H](O)C[C@@H](C)C2. The molecule has 0 aliphatic heterocycles. The molecule has 0 radical (unpaired) electrons. The molecule has 5 heteroatoms. The Kier molecular flexibility index (Phi) is 6.76. The third kappa shape index (κ3) is 5.14. The Hall–Kier alpha value is -1.69. The van der Waals surface area contributed by atoms with Crippen LogP contribution in [-0.2, 0) is 16.0 Å². The molecule has 25 heavy (non-hydrogen) atoms. The fraction of sp³-hybridized carbons (Fsp3) is 0.550. The Morgan fingerprint density at radius 3 is 2.80 bits per heavy atom. The average molecular weight is 348 g/mol. The quantitative estimate of drug-likeness (QED) is 0.687. The highest BCUT2D eigenvalue weighted by molar-refractivity contribution is 5.69. The number of rotatable bonds is 6. The summed E-state index contributed by atoms with van der Waals surface area (Å²) in [6.07, 6.45) is 2.67. The molecule has 0 bridgehead atoms. The van der Waals surface area contributed by atoms with Gasteiger partial charge in [0, 0.05) is 6.42 Å². The molecular weight excluding hydrogens is 320 g/mol. The first kappa shape index (κ1) is 19.6. The summed E-state index contributed by atoms with van der Waals surface area (Å²) in [7, 11) is 1.26. The standard InChI is InChI=1S/C20H28O5/c1-12-8-14-5-4-13(2)17(20(14)18(23)9-12)7-6-15(21)10-16(22)11-19(24)25-3/h4-7,12,15-16,18,21-23H,8-11H2,1-3H3/b7-6+/t12-,15+,16+,18-/m0/s1. The second-order valence-corrected chi connectivity index (χ2v) is 7.03. The number of aliphatic hydroxyl groups excluding tert-OH is 3. The Morgan fingerprint density at radius 2 is 2.12 bits per heavy atom. The van der Waals surface area contributed by atoms with Crippen LogP contribution in [0.15, 0.2) is 18.2 Å². The van der Waals surface area contributed by atoms with E-state index in [4.69, 9.17) is 0 Å². The largest absolute Gasteiger partial charge is 0.469 e. The summed E-state index contributed by atoms with van der Waals surface area (Å²) < 4.78 is 4.50. The number of aliphatic hydroxyl groups is 3. The predicted molar refractivity (Wildman–Crippen MR) is 95.9 cm³/mol. The van der Waals surface area contributed by atoms with Gasteiger partial charge in [0.05, 0.1) is 31.8 Å². The minimum atomic E-state index is -0.954. The smallest absolute Gasteiger partial charge is 0.308 e. The number of hydrogen-bond acceptors (Lipinski definition) is 5. The van der Waals surface area contributed by atoms with Crippen LogP contribution in [0.25, 0.3) is 6.08 Å². The third-order valence-electron chi connectivity index (χ3n) is 4.75. The van der Waals surface area contributed by atoms with Crippen molar-refractivity contribution in [2.24, 2.45) is 5.92 Å². The highest BCUT2D eigenvalue weighted by atomic mass is 16.5. The molecule has 0 fully saturated rings. The fourth-order valence-electron chi connectivity index (χ4n) is 3.46. The average Bonchev–Trinajstić information content (AvgIpc) is 2.53. The molecule has 0 amide bonds. The summed E-state index contributed by atoms with van der Waals surface area (Å²) in [5.74, 6) is -0.0602. The van der Waals surface area contributed by atoms with Crippen LogP contribution in [0.3, 0.4) is 0 Å². The summed E-state index contributed by atoms with van der Waals surface area (Å²) in [5.41, 5.74) is 4.05. The van der Waals surface area contributed by atoms with E-state index in [1.807, 2.05) is 19.1 Å². The van der Waals surface area contributed by atoms with E-state index in [-0.39, 0.29) is 12.8 Å². The zero-order chi connectivity index (χ0) is 18.6. The summed E-state index contributed by atoms with van der Waals surface area (Å²) >= 11 is 0. The van der Waals surface area contributed by atoms with Crippen molar-refractivity contribution in [3.05, 3.63) is 40.5 Å². The van der Waals surface area contributed by atoms with Gasteiger partial charge < -0.3 is 20.1 Å². The van der Waals surface area contributed by atoms with Crippen molar-refractivity contribution in [3.8, 4) is 0 Å². The predicted octanol–water partition coefficient (Wildman–Crippen LogP) is 2.30. The number of hydrogen-bond donors (Lipinski definition) is 3. The van der Waals surface area contributed by atoms with E-state index in [1.54, 1.807) is 6.08 Å². The maximum absolute atomic E-state index is 11.1. The molecule has 1 aliphatic carbocycles. The number of fused-ring (bicyclic) bond motifs is 1. The zero-order valence-corrected chi connectivity index (χ0v) is 15.1. The van der Waals surface area contributed by atoms with Crippen molar-refractivity contribution in [2.75, 3.05) is 7.11 Å². The first-order valence-corrected chi connectivity index (χ1v) is 8.73. The molecular formula is C20H28O5. The number of ether oxygens (including phenoxy) is 1. The van der Waals surface area contributed by atoms with Crippen LogP contribution in [-0.4, -0.2) is 40.6 Å². The molecule has 138 valence electrons. The van der Waals surface area contributed by atoms with Crippen LogP contribution in [0, 0.1) is 12.8 Å². The highest BCUT2D eigenvalue weighted by Crippen LogP contribution is 2.37. The van der Waals surface area contributed by atoms with Gasteiger partial charge in [-0.25, -0.2) is 0 Å². The van der Waals surface area contributed by atoms with Crippen LogP contribution in [0.2, 0.25) is 0 Å². The summed E-state index contributed by atoms with van der Waals surface area (Å²) in [5, 5.41) is 30.4. The molecule has 1 aromatic rings. The van der Waals surface area contributed by atoms with Crippen LogP contribution in [0.5, 0.6) is 0 Å². The molecule has 0 unspecified atom stereocenters. The second-order valence-electron chi connectivity index (χ2n) is 7.03. The minimum absolute atomic E-state index is 0.0548. The lowest BCUT2D eigenvalue weighted by atomic mass is 9.79. The second kappa shape index (κ2) is 8.61. The summed E-state index contributed by atoms with van der Waals surface area (Å²) in [4.78, 5) is 11.1. The van der Waals surface area contributed by atoms with E-state index in [2.05, 4.69) is 17.7 Å². The number of esters is 1. The molecule has 5 nitrogen and oxygen atoms in total. The molecule has 1 aromatic carbocycles. The van der Waals surface area contributed by atoms with Crippen molar-refractivity contribution >= 4 is 12.0 Å². The lowest BCUT2D eigenvalue weighted by molar-refractivity contribution is -0.143. The number of aryl methyl sites for hydroxylation is 1. The fourth-order valence-corrected chi connectivity index (χ4v) is 3.46. The van der Waals surface area contributed by atoms with Crippen LogP contribution < -0.4 is 0 Å². The van der Waals surface area contributed by atoms with E-state index in [0.717, 1.165) is 35.1 Å². The Labute approximate surface area is 149 Å². The van der Waals surface area contributed by atoms with Gasteiger partial charge in [-0.3, -0.25) is 4.79 Å². The third-order valence-corrected chi connectivity index (χ3v) is 4.75. The molecule has 0 saturated heterocycles. The van der Waals surface area contributed by atoms with Gasteiger partial charge in [0.15, 0.2) is 0 Å². The van der Waals surface area contributed by atoms with Gasteiger partial charge in [0.2, 0.25) is 0 Å². The number of methoxy groups -OCH3 is 1. The van der Waals surface area contributed by atoms with Crippen molar-refractivity contribution in [2.45, 2.75) is 57.8 Å². The molecule has 3 N–H and O–H groups in total. The number of carbonyl (C=O) groups is 1. The summed E-state index contributed by atoms with van der Waals surface area (Å²) in [6.45, 7) is 4.11. The van der Waals surface area contributed by atoms with Crippen molar-refractivity contribution in [1.29, 1.82) is 0 Å². The highest BCUT2D eigenvalue weighted by Gasteiger charge is 2.25. The maximum atomic E-state index is 11.1. The van der Waals surface area contributed by atoms with E-state index in [1.165, 1.54) is 7.11 Å². The van der Waals surface area contributed by atoms with E-state index in [0.29, 0.717) is 5.92 Å². The maximum Gasteiger partial charge on any atom is 0.308 e. The van der Waals surface area contributed by atoms with Crippen LogP contribution in [0.1, 0.15) is 54.5 Å². The van der Waals surface area contributed by atoms with Gasteiger partial charge >= 0.3 is 5.97 Å². The van der Waals surface area contributed by atoms with E-state index in [9.17, 15) is 20.1 Å². The van der Waals surface area contributed by atoms with Gasteiger partial charge in [0.25, 0.3) is 0 Å². The normalized spacial score (nSPS) is 22.5. The lowest BCUT2D eigenvalue weighted by Crippen LogP contribution is -2.20. The molecule has 0 saturated carbocycles. The van der Waals surface area contributed by atoms with Crippen LogP contribution >= 0.6 is 0 Å². The molecule has 0 aromatic heterocycles. The topological polar surface area (TPSA) is 87.0 Å². The Morgan fingerprint density at radius 1 is 1.40 bits per heavy atom. The monoisotopic (exact) mass is 348 g/mol.